The molecule has 1 aliphatic heterocycles. The molecule has 1 unspecified atom stereocenters. The predicted molar refractivity (Wildman–Crippen MR) is 67.9 cm³/mol. The fourth-order valence-corrected chi connectivity index (χ4v) is 2.55. The lowest BCUT2D eigenvalue weighted by Gasteiger charge is -2.24. The van der Waals surface area contributed by atoms with Crippen LogP contribution in [0.5, 0.6) is 0 Å². The number of nitrogen functional groups attached to an aromatic ring is 1. The van der Waals surface area contributed by atoms with Gasteiger partial charge in [0.15, 0.2) is 0 Å². The number of hydrogen-bond donors (Lipinski definition) is 1. The van der Waals surface area contributed by atoms with Gasteiger partial charge in [-0.2, -0.15) is 0 Å². The molecule has 0 amide bonds. The van der Waals surface area contributed by atoms with Crippen molar-refractivity contribution in [2.24, 2.45) is 0 Å². The molecule has 1 aliphatic rings. The standard InChI is InChI=1S/C13H16FN3O/c1-8-5-12-11(6-10(8)14)16-13(15)17(12)9-3-2-4-18-7-9/h5-6,9H,2-4,7H2,1H3,(H2,15,16). The molecule has 0 saturated carbocycles. The van der Waals surface area contributed by atoms with E-state index in [0.717, 1.165) is 25.0 Å². The molecule has 18 heavy (non-hydrogen) atoms. The van der Waals surface area contributed by atoms with E-state index < -0.39 is 0 Å². The van der Waals surface area contributed by atoms with Crippen molar-refractivity contribution in [3.63, 3.8) is 0 Å². The van der Waals surface area contributed by atoms with Gasteiger partial charge in [-0.15, -0.1) is 0 Å². The number of hydrogen-bond acceptors (Lipinski definition) is 3. The van der Waals surface area contributed by atoms with Crippen molar-refractivity contribution in [1.29, 1.82) is 0 Å². The summed E-state index contributed by atoms with van der Waals surface area (Å²) in [7, 11) is 0. The van der Waals surface area contributed by atoms with Crippen LogP contribution in [0.25, 0.3) is 11.0 Å². The minimum Gasteiger partial charge on any atom is -0.379 e. The van der Waals surface area contributed by atoms with Crippen LogP contribution in [0.4, 0.5) is 10.3 Å². The molecule has 0 radical (unpaired) electrons. The zero-order chi connectivity index (χ0) is 12.7. The van der Waals surface area contributed by atoms with Gasteiger partial charge in [-0.3, -0.25) is 0 Å². The van der Waals surface area contributed by atoms with Crippen LogP contribution in [0.2, 0.25) is 0 Å². The van der Waals surface area contributed by atoms with Crippen LogP contribution in [-0.4, -0.2) is 22.8 Å². The van der Waals surface area contributed by atoms with Crippen molar-refractivity contribution in [2.45, 2.75) is 25.8 Å². The number of nitrogens with two attached hydrogens (primary N) is 1. The minimum absolute atomic E-state index is 0.202. The monoisotopic (exact) mass is 249 g/mol. The Bertz CT molecular complexity index is 587. The first-order valence-corrected chi connectivity index (χ1v) is 6.18. The Kier molecular flexibility index (Phi) is 2.70. The Morgan fingerprint density at radius 1 is 1.50 bits per heavy atom. The summed E-state index contributed by atoms with van der Waals surface area (Å²) in [6, 6.07) is 3.46. The number of aryl methyl sites for hydroxylation is 1. The van der Waals surface area contributed by atoms with Crippen LogP contribution in [-0.2, 0) is 4.74 Å². The largest absolute Gasteiger partial charge is 0.379 e. The third kappa shape index (κ3) is 1.75. The Labute approximate surface area is 105 Å². The van der Waals surface area contributed by atoms with E-state index in [-0.39, 0.29) is 11.9 Å². The summed E-state index contributed by atoms with van der Waals surface area (Å²) < 4.78 is 21.0. The number of ether oxygens (including phenoxy) is 1. The van der Waals surface area contributed by atoms with E-state index in [4.69, 9.17) is 10.5 Å². The van der Waals surface area contributed by atoms with Gasteiger partial charge in [0.1, 0.15) is 5.82 Å². The fraction of sp³-hybridized carbons (Fsp3) is 0.462. The molecule has 2 aromatic rings. The molecule has 3 rings (SSSR count). The second-order valence-corrected chi connectivity index (χ2v) is 4.80. The summed E-state index contributed by atoms with van der Waals surface area (Å²) in [5.41, 5.74) is 8.07. The van der Waals surface area contributed by atoms with Gasteiger partial charge in [-0.25, -0.2) is 9.37 Å². The molecule has 0 bridgehead atoms. The molecule has 1 aromatic heterocycles. The van der Waals surface area contributed by atoms with Crippen molar-refractivity contribution in [1.82, 2.24) is 9.55 Å². The number of rotatable bonds is 1. The molecule has 2 heterocycles. The number of nitrogens with zero attached hydrogens (tertiary/aromatic N) is 2. The number of aromatic nitrogens is 2. The average Bonchev–Trinajstić information content (AvgIpc) is 2.66. The molecule has 1 fully saturated rings. The van der Waals surface area contributed by atoms with Gasteiger partial charge in [0, 0.05) is 12.7 Å². The predicted octanol–water partition coefficient (Wildman–Crippen LogP) is 2.42. The average molecular weight is 249 g/mol. The van der Waals surface area contributed by atoms with Gasteiger partial charge >= 0.3 is 0 Å². The summed E-state index contributed by atoms with van der Waals surface area (Å²) in [6.45, 7) is 3.20. The van der Waals surface area contributed by atoms with Crippen molar-refractivity contribution < 1.29 is 9.13 Å². The lowest BCUT2D eigenvalue weighted by molar-refractivity contribution is 0.0611. The van der Waals surface area contributed by atoms with Crippen LogP contribution >= 0.6 is 0 Å². The number of benzene rings is 1. The number of halogens is 1. The highest BCUT2D eigenvalue weighted by molar-refractivity contribution is 5.79. The van der Waals surface area contributed by atoms with E-state index in [1.54, 1.807) is 6.92 Å². The van der Waals surface area contributed by atoms with Crippen molar-refractivity contribution >= 4 is 17.0 Å². The molecular formula is C13H16FN3O. The molecule has 4 nitrogen and oxygen atoms in total. The SMILES string of the molecule is Cc1cc2c(cc1F)nc(N)n2C1CCCOC1. The molecule has 2 N–H and O–H groups in total. The summed E-state index contributed by atoms with van der Waals surface area (Å²) in [6.07, 6.45) is 2.04. The van der Waals surface area contributed by atoms with E-state index in [2.05, 4.69) is 4.98 Å². The molecule has 0 spiro atoms. The summed E-state index contributed by atoms with van der Waals surface area (Å²) in [5.74, 6) is 0.192. The fourth-order valence-electron chi connectivity index (χ4n) is 2.55. The molecular weight excluding hydrogens is 233 g/mol. The van der Waals surface area contributed by atoms with Crippen LogP contribution in [0.1, 0.15) is 24.4 Å². The minimum atomic E-state index is -0.243. The zero-order valence-electron chi connectivity index (χ0n) is 10.3. The van der Waals surface area contributed by atoms with Gasteiger partial charge < -0.3 is 15.0 Å². The van der Waals surface area contributed by atoms with E-state index in [0.29, 0.717) is 23.6 Å². The second-order valence-electron chi connectivity index (χ2n) is 4.80. The molecule has 1 atom stereocenters. The molecule has 5 heteroatoms. The van der Waals surface area contributed by atoms with Gasteiger partial charge in [0.2, 0.25) is 5.95 Å². The third-order valence-corrected chi connectivity index (χ3v) is 3.50. The molecule has 96 valence electrons. The summed E-state index contributed by atoms with van der Waals surface area (Å²) in [4.78, 5) is 4.24. The highest BCUT2D eigenvalue weighted by atomic mass is 19.1. The first-order chi connectivity index (χ1) is 8.66. The van der Waals surface area contributed by atoms with Crippen molar-refractivity contribution in [2.75, 3.05) is 18.9 Å². The highest BCUT2D eigenvalue weighted by Crippen LogP contribution is 2.29. The number of fused-ring (bicyclic) bond motifs is 1. The van der Waals surface area contributed by atoms with Gasteiger partial charge in [-0.1, -0.05) is 0 Å². The van der Waals surface area contributed by atoms with E-state index in [1.807, 2.05) is 10.6 Å². The van der Waals surface area contributed by atoms with Crippen LogP contribution in [0, 0.1) is 12.7 Å². The highest BCUT2D eigenvalue weighted by Gasteiger charge is 2.21. The van der Waals surface area contributed by atoms with Crippen molar-refractivity contribution in [3.05, 3.63) is 23.5 Å². The Morgan fingerprint density at radius 3 is 3.06 bits per heavy atom. The van der Waals surface area contributed by atoms with Gasteiger partial charge in [-0.05, 0) is 31.4 Å². The third-order valence-electron chi connectivity index (χ3n) is 3.50. The Balaban J connectivity index is 2.15. The molecule has 1 saturated heterocycles. The second kappa shape index (κ2) is 4.24. The zero-order valence-corrected chi connectivity index (χ0v) is 10.3. The summed E-state index contributed by atoms with van der Waals surface area (Å²) in [5, 5.41) is 0. The van der Waals surface area contributed by atoms with Gasteiger partial charge in [0.25, 0.3) is 0 Å². The lowest BCUT2D eigenvalue weighted by Crippen LogP contribution is -2.22. The maximum atomic E-state index is 13.5. The van der Waals surface area contributed by atoms with Crippen molar-refractivity contribution in [3.8, 4) is 0 Å². The normalized spacial score (nSPS) is 20.4. The van der Waals surface area contributed by atoms with Gasteiger partial charge in [0.05, 0.1) is 23.7 Å². The number of imidazole rings is 1. The topological polar surface area (TPSA) is 53.1 Å². The van der Waals surface area contributed by atoms with E-state index in [1.165, 1.54) is 6.07 Å². The summed E-state index contributed by atoms with van der Waals surface area (Å²) >= 11 is 0. The quantitative estimate of drug-likeness (QED) is 0.844. The van der Waals surface area contributed by atoms with Crippen LogP contribution in [0.15, 0.2) is 12.1 Å². The lowest BCUT2D eigenvalue weighted by atomic mass is 10.1. The molecule has 1 aromatic carbocycles. The number of anilines is 1. The molecule has 0 aliphatic carbocycles. The van der Waals surface area contributed by atoms with Crippen LogP contribution in [0.3, 0.4) is 0 Å². The maximum Gasteiger partial charge on any atom is 0.201 e. The maximum absolute atomic E-state index is 13.5. The van der Waals surface area contributed by atoms with E-state index >= 15 is 0 Å². The first kappa shape index (κ1) is 11.5. The first-order valence-electron chi connectivity index (χ1n) is 6.18. The van der Waals surface area contributed by atoms with Crippen LogP contribution < -0.4 is 5.73 Å². The Morgan fingerprint density at radius 2 is 2.33 bits per heavy atom. The Hall–Kier alpha value is -1.62. The smallest absolute Gasteiger partial charge is 0.201 e. The van der Waals surface area contributed by atoms with E-state index in [9.17, 15) is 4.39 Å².